The third-order valence-corrected chi connectivity index (χ3v) is 4.13. The first-order valence-corrected chi connectivity index (χ1v) is 7.85. The van der Waals surface area contributed by atoms with Crippen molar-refractivity contribution in [1.29, 1.82) is 0 Å². The van der Waals surface area contributed by atoms with E-state index in [1.807, 2.05) is 24.3 Å². The van der Waals surface area contributed by atoms with Gasteiger partial charge in [-0.1, -0.05) is 0 Å². The summed E-state index contributed by atoms with van der Waals surface area (Å²) in [6.07, 6.45) is 5.76. The summed E-state index contributed by atoms with van der Waals surface area (Å²) in [5, 5.41) is 2.89. The number of aromatic nitrogens is 1. The summed E-state index contributed by atoms with van der Waals surface area (Å²) in [6, 6.07) is 11.4. The van der Waals surface area contributed by atoms with Crippen LogP contribution >= 0.6 is 0 Å². The molecule has 0 saturated carbocycles. The fourth-order valence-corrected chi connectivity index (χ4v) is 2.82. The number of amides is 1. The van der Waals surface area contributed by atoms with Gasteiger partial charge in [0.1, 0.15) is 0 Å². The first-order valence-electron chi connectivity index (χ1n) is 7.85. The molecular weight excluding hydrogens is 290 g/mol. The highest BCUT2D eigenvalue weighted by molar-refractivity contribution is 6.04. The molecule has 5 heteroatoms. The molecule has 1 aliphatic rings. The summed E-state index contributed by atoms with van der Waals surface area (Å²) in [5.41, 5.74) is 2.49. The second-order valence-electron chi connectivity index (χ2n) is 5.69. The summed E-state index contributed by atoms with van der Waals surface area (Å²) >= 11 is 0. The van der Waals surface area contributed by atoms with E-state index < -0.39 is 0 Å². The number of ether oxygens (including phenoxy) is 1. The number of hydrogen-bond acceptors (Lipinski definition) is 4. The van der Waals surface area contributed by atoms with E-state index >= 15 is 0 Å². The van der Waals surface area contributed by atoms with Crippen LogP contribution in [0.1, 0.15) is 23.2 Å². The van der Waals surface area contributed by atoms with Crippen LogP contribution in [0.4, 0.5) is 11.4 Å². The van der Waals surface area contributed by atoms with E-state index in [1.165, 1.54) is 0 Å². The average molecular weight is 311 g/mol. The summed E-state index contributed by atoms with van der Waals surface area (Å²) in [7, 11) is 1.77. The Hall–Kier alpha value is -2.40. The summed E-state index contributed by atoms with van der Waals surface area (Å²) in [4.78, 5) is 18.4. The highest BCUT2D eigenvalue weighted by atomic mass is 16.5. The molecule has 2 aromatic rings. The zero-order chi connectivity index (χ0) is 16.1. The highest BCUT2D eigenvalue weighted by Crippen LogP contribution is 2.23. The molecule has 120 valence electrons. The lowest BCUT2D eigenvalue weighted by Crippen LogP contribution is -2.39. The Morgan fingerprint density at radius 1 is 1.30 bits per heavy atom. The second-order valence-corrected chi connectivity index (χ2v) is 5.69. The van der Waals surface area contributed by atoms with Crippen molar-refractivity contribution in [3.63, 3.8) is 0 Å². The van der Waals surface area contributed by atoms with Crippen LogP contribution in [0, 0.1) is 0 Å². The second kappa shape index (κ2) is 7.24. The molecule has 0 aliphatic carbocycles. The summed E-state index contributed by atoms with van der Waals surface area (Å²) < 4.78 is 5.46. The van der Waals surface area contributed by atoms with Crippen LogP contribution in [0.15, 0.2) is 48.8 Å². The van der Waals surface area contributed by atoms with Crippen LogP contribution in [0.25, 0.3) is 0 Å². The third kappa shape index (κ3) is 3.87. The van der Waals surface area contributed by atoms with E-state index in [0.29, 0.717) is 11.7 Å². The van der Waals surface area contributed by atoms with Gasteiger partial charge in [-0.3, -0.25) is 9.78 Å². The molecule has 1 saturated heterocycles. The third-order valence-electron chi connectivity index (χ3n) is 4.13. The molecule has 1 aromatic heterocycles. The van der Waals surface area contributed by atoms with Gasteiger partial charge in [0.2, 0.25) is 0 Å². The first kappa shape index (κ1) is 15.5. The molecular formula is C18H21N3O2. The van der Waals surface area contributed by atoms with Gasteiger partial charge in [-0.2, -0.15) is 0 Å². The Bertz CT molecular complexity index is 643. The van der Waals surface area contributed by atoms with E-state index in [2.05, 4.69) is 15.2 Å². The van der Waals surface area contributed by atoms with Gasteiger partial charge < -0.3 is 15.0 Å². The predicted molar refractivity (Wildman–Crippen MR) is 90.9 cm³/mol. The Labute approximate surface area is 136 Å². The number of anilines is 2. The zero-order valence-electron chi connectivity index (χ0n) is 13.2. The minimum absolute atomic E-state index is 0.150. The smallest absolute Gasteiger partial charge is 0.257 e. The van der Waals surface area contributed by atoms with Crippen LogP contribution in [-0.2, 0) is 4.74 Å². The van der Waals surface area contributed by atoms with Gasteiger partial charge in [0.05, 0.1) is 11.7 Å². The number of methoxy groups -OCH3 is 1. The molecule has 0 unspecified atom stereocenters. The van der Waals surface area contributed by atoms with Crippen molar-refractivity contribution < 1.29 is 9.53 Å². The molecule has 3 rings (SSSR count). The van der Waals surface area contributed by atoms with Crippen molar-refractivity contribution in [2.45, 2.75) is 18.9 Å². The monoisotopic (exact) mass is 311 g/mol. The number of piperidine rings is 1. The van der Waals surface area contributed by atoms with E-state index in [9.17, 15) is 4.79 Å². The van der Waals surface area contributed by atoms with E-state index in [-0.39, 0.29) is 5.91 Å². The van der Waals surface area contributed by atoms with Crippen molar-refractivity contribution in [1.82, 2.24) is 4.98 Å². The van der Waals surface area contributed by atoms with E-state index in [4.69, 9.17) is 4.74 Å². The molecule has 23 heavy (non-hydrogen) atoms. The average Bonchev–Trinajstić information content (AvgIpc) is 2.63. The quantitative estimate of drug-likeness (QED) is 0.943. The largest absolute Gasteiger partial charge is 0.380 e. The van der Waals surface area contributed by atoms with Crippen molar-refractivity contribution in [3.05, 3.63) is 54.4 Å². The van der Waals surface area contributed by atoms with Gasteiger partial charge in [0, 0.05) is 44.0 Å². The standard InChI is InChI=1S/C18H21N3O2/c1-23-17-5-3-11-21(13-17)16-8-6-15(7-9-16)20-18(22)14-4-2-10-19-12-14/h2,4,6-10,12,17H,3,5,11,13H2,1H3,(H,20,22)/t17-/m1/s1. The Kier molecular flexibility index (Phi) is 4.88. The predicted octanol–water partition coefficient (Wildman–Crippen LogP) is 2.95. The van der Waals surface area contributed by atoms with Crippen molar-refractivity contribution in [2.75, 3.05) is 30.4 Å². The number of rotatable bonds is 4. The SMILES string of the molecule is CO[C@@H]1CCCN(c2ccc(NC(=O)c3cccnc3)cc2)C1. The summed E-state index contributed by atoms with van der Waals surface area (Å²) in [5.74, 6) is -0.150. The van der Waals surface area contributed by atoms with Gasteiger partial charge in [-0.25, -0.2) is 0 Å². The van der Waals surface area contributed by atoms with Crippen LogP contribution in [0.5, 0.6) is 0 Å². The fourth-order valence-electron chi connectivity index (χ4n) is 2.82. The van der Waals surface area contributed by atoms with Gasteiger partial charge in [-0.15, -0.1) is 0 Å². The molecule has 1 fully saturated rings. The lowest BCUT2D eigenvalue weighted by molar-refractivity contribution is 0.0893. The molecule has 1 aliphatic heterocycles. The van der Waals surface area contributed by atoms with E-state index in [1.54, 1.807) is 31.6 Å². The molecule has 1 N–H and O–H groups in total. The van der Waals surface area contributed by atoms with Crippen molar-refractivity contribution >= 4 is 17.3 Å². The fraction of sp³-hybridized carbons (Fsp3) is 0.333. The molecule has 1 aromatic carbocycles. The number of nitrogens with one attached hydrogen (secondary N) is 1. The van der Waals surface area contributed by atoms with Crippen molar-refractivity contribution in [2.24, 2.45) is 0 Å². The van der Waals surface area contributed by atoms with Crippen LogP contribution < -0.4 is 10.2 Å². The number of hydrogen-bond donors (Lipinski definition) is 1. The lowest BCUT2D eigenvalue weighted by atomic mass is 10.1. The van der Waals surface area contributed by atoms with Gasteiger partial charge in [-0.05, 0) is 49.2 Å². The molecule has 0 bridgehead atoms. The number of nitrogens with zero attached hydrogens (tertiary/aromatic N) is 2. The van der Waals surface area contributed by atoms with Gasteiger partial charge in [0.25, 0.3) is 5.91 Å². The van der Waals surface area contributed by atoms with Gasteiger partial charge in [0.15, 0.2) is 0 Å². The molecule has 1 atom stereocenters. The maximum atomic E-state index is 12.1. The molecule has 0 radical (unpaired) electrons. The van der Waals surface area contributed by atoms with E-state index in [0.717, 1.165) is 37.3 Å². The maximum Gasteiger partial charge on any atom is 0.257 e. The van der Waals surface area contributed by atoms with Crippen molar-refractivity contribution in [3.8, 4) is 0 Å². The molecule has 2 heterocycles. The normalized spacial score (nSPS) is 17.8. The minimum atomic E-state index is -0.150. The topological polar surface area (TPSA) is 54.5 Å². The molecule has 1 amide bonds. The Morgan fingerprint density at radius 2 is 2.13 bits per heavy atom. The minimum Gasteiger partial charge on any atom is -0.380 e. The Morgan fingerprint density at radius 3 is 2.83 bits per heavy atom. The van der Waals surface area contributed by atoms with Gasteiger partial charge >= 0.3 is 0 Å². The summed E-state index contributed by atoms with van der Waals surface area (Å²) in [6.45, 7) is 1.96. The number of carbonyl (C=O) groups is 1. The molecule has 0 spiro atoms. The highest BCUT2D eigenvalue weighted by Gasteiger charge is 2.19. The zero-order valence-corrected chi connectivity index (χ0v) is 13.2. The van der Waals surface area contributed by atoms with Crippen LogP contribution in [0.2, 0.25) is 0 Å². The Balaban J connectivity index is 1.64. The molecule has 5 nitrogen and oxygen atoms in total. The maximum absolute atomic E-state index is 12.1. The first-order chi connectivity index (χ1) is 11.3. The van der Waals surface area contributed by atoms with Crippen LogP contribution in [0.3, 0.4) is 0 Å². The number of carbonyl (C=O) groups excluding carboxylic acids is 1. The number of benzene rings is 1. The van der Waals surface area contributed by atoms with Crippen LogP contribution in [-0.4, -0.2) is 37.2 Å². The number of pyridine rings is 1. The lowest BCUT2D eigenvalue weighted by Gasteiger charge is -2.33.